The summed E-state index contributed by atoms with van der Waals surface area (Å²) in [6, 6.07) is 8.02. The number of nitrogen functional groups attached to an aromatic ring is 1. The van der Waals surface area contributed by atoms with Crippen molar-refractivity contribution in [1.82, 2.24) is 9.55 Å². The first-order valence-corrected chi connectivity index (χ1v) is 11.5. The van der Waals surface area contributed by atoms with E-state index < -0.39 is 11.2 Å². The molecule has 3 N–H and O–H groups in total. The topological polar surface area (TPSA) is 104 Å². The number of aromatic amines is 1. The van der Waals surface area contributed by atoms with Gasteiger partial charge in [-0.05, 0) is 43.7 Å². The molecular weight excluding hydrogens is 406 g/mol. The van der Waals surface area contributed by atoms with E-state index in [0.717, 1.165) is 36.9 Å². The second kappa shape index (κ2) is 10.1. The van der Waals surface area contributed by atoms with Crippen molar-refractivity contribution < 1.29 is 4.79 Å². The molecule has 1 amide bonds. The molecule has 32 heavy (non-hydrogen) atoms. The van der Waals surface area contributed by atoms with Crippen molar-refractivity contribution in [2.24, 2.45) is 5.92 Å². The quantitative estimate of drug-likeness (QED) is 0.655. The molecule has 1 aliphatic rings. The average molecular weight is 442 g/mol. The fourth-order valence-corrected chi connectivity index (χ4v) is 4.40. The summed E-state index contributed by atoms with van der Waals surface area (Å²) < 4.78 is 1.40. The van der Waals surface area contributed by atoms with Gasteiger partial charge in [-0.2, -0.15) is 0 Å². The number of aryl methyl sites for hydroxylation is 1. The van der Waals surface area contributed by atoms with Crippen LogP contribution >= 0.6 is 0 Å². The number of anilines is 3. The zero-order valence-corrected chi connectivity index (χ0v) is 19.6. The van der Waals surface area contributed by atoms with E-state index in [0.29, 0.717) is 13.1 Å². The van der Waals surface area contributed by atoms with Crippen molar-refractivity contribution in [3.05, 3.63) is 50.7 Å². The number of unbranched alkanes of at least 4 members (excludes halogenated alkanes) is 1. The van der Waals surface area contributed by atoms with Crippen LogP contribution in [0.15, 0.2) is 33.9 Å². The summed E-state index contributed by atoms with van der Waals surface area (Å²) in [5.74, 6) is 0.215. The molecule has 1 unspecified atom stereocenters. The van der Waals surface area contributed by atoms with Gasteiger partial charge in [0.1, 0.15) is 11.5 Å². The molecule has 0 saturated carbocycles. The van der Waals surface area contributed by atoms with Crippen molar-refractivity contribution in [3.8, 4) is 0 Å². The highest BCUT2D eigenvalue weighted by Crippen LogP contribution is 2.31. The summed E-state index contributed by atoms with van der Waals surface area (Å²) in [6.45, 7) is 9.01. The highest BCUT2D eigenvalue weighted by Gasteiger charge is 2.30. The number of aromatic nitrogens is 2. The van der Waals surface area contributed by atoms with Gasteiger partial charge in [0.25, 0.3) is 5.56 Å². The van der Waals surface area contributed by atoms with Gasteiger partial charge in [-0.15, -0.1) is 0 Å². The number of rotatable bonds is 8. The Labute approximate surface area is 189 Å². The van der Waals surface area contributed by atoms with E-state index in [4.69, 9.17) is 5.73 Å². The van der Waals surface area contributed by atoms with E-state index in [1.165, 1.54) is 4.57 Å². The lowest BCUT2D eigenvalue weighted by molar-refractivity contribution is -0.117. The van der Waals surface area contributed by atoms with Crippen LogP contribution in [-0.4, -0.2) is 34.6 Å². The van der Waals surface area contributed by atoms with Gasteiger partial charge in [0.15, 0.2) is 0 Å². The third-order valence-corrected chi connectivity index (χ3v) is 5.97. The second-order valence-corrected chi connectivity index (χ2v) is 9.05. The van der Waals surface area contributed by atoms with Crippen LogP contribution in [0, 0.1) is 5.92 Å². The van der Waals surface area contributed by atoms with E-state index in [-0.39, 0.29) is 35.9 Å². The number of carbonyl (C=O) groups is 1. The van der Waals surface area contributed by atoms with Crippen LogP contribution in [0.3, 0.4) is 0 Å². The van der Waals surface area contributed by atoms with E-state index in [1.807, 2.05) is 50.8 Å². The summed E-state index contributed by atoms with van der Waals surface area (Å²) in [6.07, 6.45) is 3.48. The number of nitrogens with two attached hydrogens (primary N) is 1. The first-order chi connectivity index (χ1) is 15.2. The second-order valence-electron chi connectivity index (χ2n) is 9.05. The van der Waals surface area contributed by atoms with Crippen LogP contribution in [0.2, 0.25) is 0 Å². The molecule has 0 radical (unpaired) electrons. The summed E-state index contributed by atoms with van der Waals surface area (Å²) in [5.41, 5.74) is 7.54. The maximum atomic E-state index is 13.5. The Morgan fingerprint density at radius 1 is 1.28 bits per heavy atom. The number of para-hydroxylation sites is 1. The number of carbonyl (C=O) groups excluding carboxylic acids is 1. The van der Waals surface area contributed by atoms with Crippen LogP contribution in [-0.2, 0) is 17.8 Å². The molecule has 0 bridgehead atoms. The minimum atomic E-state index is -0.555. The maximum Gasteiger partial charge on any atom is 0.330 e. The van der Waals surface area contributed by atoms with Gasteiger partial charge in [0.05, 0.1) is 6.54 Å². The molecule has 174 valence electrons. The van der Waals surface area contributed by atoms with E-state index >= 15 is 0 Å². The van der Waals surface area contributed by atoms with Gasteiger partial charge < -0.3 is 15.5 Å². The van der Waals surface area contributed by atoms with Crippen LogP contribution in [0.25, 0.3) is 0 Å². The van der Waals surface area contributed by atoms with Crippen LogP contribution in [0.1, 0.15) is 52.5 Å². The Bertz CT molecular complexity index is 1070. The molecule has 0 fully saturated rings. The third-order valence-electron chi connectivity index (χ3n) is 5.97. The fourth-order valence-electron chi connectivity index (χ4n) is 4.40. The van der Waals surface area contributed by atoms with Crippen LogP contribution in [0.5, 0.6) is 0 Å². The lowest BCUT2D eigenvalue weighted by atomic mass is 9.96. The smallest absolute Gasteiger partial charge is 0.330 e. The number of benzene rings is 1. The lowest BCUT2D eigenvalue weighted by Crippen LogP contribution is -2.49. The van der Waals surface area contributed by atoms with Crippen molar-refractivity contribution in [2.45, 2.75) is 66.0 Å². The Kier molecular flexibility index (Phi) is 7.43. The van der Waals surface area contributed by atoms with Crippen molar-refractivity contribution in [3.63, 3.8) is 0 Å². The number of nitrogens with zero attached hydrogens (tertiary/aromatic N) is 3. The molecule has 0 saturated heterocycles. The number of hydrogen-bond acceptors (Lipinski definition) is 5. The summed E-state index contributed by atoms with van der Waals surface area (Å²) >= 11 is 0. The largest absolute Gasteiger partial charge is 0.383 e. The van der Waals surface area contributed by atoms with E-state index in [2.05, 4.69) is 11.1 Å². The molecule has 1 aliphatic heterocycles. The normalized spacial score (nSPS) is 15.7. The Balaban J connectivity index is 1.99. The first-order valence-electron chi connectivity index (χ1n) is 11.5. The van der Waals surface area contributed by atoms with Gasteiger partial charge in [0.2, 0.25) is 5.91 Å². The Morgan fingerprint density at radius 3 is 2.69 bits per heavy atom. The molecule has 1 atom stereocenters. The standard InChI is InChI=1S/C24H35N5O3/c1-5-6-13-28-22(25)21(23(31)26-24(28)32)27(14-16(2)3)15-20(30)29-17(4)11-12-18-9-7-8-10-19(18)29/h7-10,16-17H,5-6,11-15,25H2,1-4H3,(H,26,31,32). The molecule has 1 aromatic heterocycles. The fraction of sp³-hybridized carbons (Fsp3) is 0.542. The molecule has 2 heterocycles. The van der Waals surface area contributed by atoms with Crippen molar-refractivity contribution in [2.75, 3.05) is 28.6 Å². The third kappa shape index (κ3) is 4.89. The summed E-state index contributed by atoms with van der Waals surface area (Å²) in [4.78, 5) is 44.7. The minimum absolute atomic E-state index is 0.0100. The maximum absolute atomic E-state index is 13.5. The van der Waals surface area contributed by atoms with Gasteiger partial charge in [0, 0.05) is 24.8 Å². The van der Waals surface area contributed by atoms with Crippen molar-refractivity contribution >= 4 is 23.1 Å². The molecule has 1 aromatic carbocycles. The molecule has 2 aromatic rings. The van der Waals surface area contributed by atoms with E-state index in [1.54, 1.807) is 4.90 Å². The van der Waals surface area contributed by atoms with Gasteiger partial charge in [-0.3, -0.25) is 19.1 Å². The zero-order chi connectivity index (χ0) is 23.4. The summed E-state index contributed by atoms with van der Waals surface area (Å²) in [7, 11) is 0. The highest BCUT2D eigenvalue weighted by molar-refractivity contribution is 5.98. The number of H-pyrrole nitrogens is 1. The first kappa shape index (κ1) is 23.6. The van der Waals surface area contributed by atoms with Gasteiger partial charge in [-0.25, -0.2) is 4.79 Å². The number of amides is 1. The molecule has 0 aliphatic carbocycles. The predicted molar refractivity (Wildman–Crippen MR) is 129 cm³/mol. The SMILES string of the molecule is CCCCn1c(N)c(N(CC(=O)N2c3ccccc3CCC2C)CC(C)C)c(=O)[nH]c1=O. The van der Waals surface area contributed by atoms with Crippen molar-refractivity contribution in [1.29, 1.82) is 0 Å². The molecule has 3 rings (SSSR count). The van der Waals surface area contributed by atoms with Gasteiger partial charge in [-0.1, -0.05) is 45.4 Å². The number of hydrogen-bond donors (Lipinski definition) is 2. The molecule has 8 heteroatoms. The monoisotopic (exact) mass is 441 g/mol. The Morgan fingerprint density at radius 2 is 2.00 bits per heavy atom. The number of nitrogens with one attached hydrogen (secondary N) is 1. The van der Waals surface area contributed by atoms with E-state index in [9.17, 15) is 14.4 Å². The van der Waals surface area contributed by atoms with Crippen LogP contribution < -0.4 is 26.8 Å². The van der Waals surface area contributed by atoms with Crippen LogP contribution in [0.4, 0.5) is 17.2 Å². The highest BCUT2D eigenvalue weighted by atomic mass is 16.2. The number of fused-ring (bicyclic) bond motifs is 1. The molecular formula is C24H35N5O3. The van der Waals surface area contributed by atoms with Gasteiger partial charge >= 0.3 is 5.69 Å². The predicted octanol–water partition coefficient (Wildman–Crippen LogP) is 2.75. The Hall–Kier alpha value is -3.03. The average Bonchev–Trinajstić information content (AvgIpc) is 2.72. The molecule has 0 spiro atoms. The lowest BCUT2D eigenvalue weighted by Gasteiger charge is -2.37. The summed E-state index contributed by atoms with van der Waals surface area (Å²) in [5, 5.41) is 0. The minimum Gasteiger partial charge on any atom is -0.383 e. The zero-order valence-electron chi connectivity index (χ0n) is 19.6. The molecule has 8 nitrogen and oxygen atoms in total.